The number of piperidine rings is 1. The van der Waals surface area contributed by atoms with Crippen molar-refractivity contribution in [3.05, 3.63) is 46.9 Å². The van der Waals surface area contributed by atoms with Crippen LogP contribution in [-0.2, 0) is 0 Å². The van der Waals surface area contributed by atoms with Gasteiger partial charge in [-0.1, -0.05) is 20.8 Å². The highest BCUT2D eigenvalue weighted by Gasteiger charge is 2.30. The first-order chi connectivity index (χ1) is 14.7. The third-order valence-electron chi connectivity index (χ3n) is 5.90. The van der Waals surface area contributed by atoms with Gasteiger partial charge in [0.15, 0.2) is 0 Å². The Morgan fingerprint density at radius 2 is 2.03 bits per heavy atom. The highest BCUT2D eigenvalue weighted by atomic mass is 32.1. The van der Waals surface area contributed by atoms with Gasteiger partial charge in [-0.3, -0.25) is 0 Å². The molecule has 4 nitrogen and oxygen atoms in total. The van der Waals surface area contributed by atoms with Crippen molar-refractivity contribution in [1.82, 2.24) is 14.9 Å². The Hall–Kier alpha value is -2.02. The average Bonchev–Trinajstić information content (AvgIpc) is 3.42. The summed E-state index contributed by atoms with van der Waals surface area (Å²) in [6.45, 7) is 7.52. The predicted molar refractivity (Wildman–Crippen MR) is 133 cm³/mol. The van der Waals surface area contributed by atoms with Crippen molar-refractivity contribution in [2.75, 3.05) is 18.9 Å². The number of pyridine rings is 1. The van der Waals surface area contributed by atoms with Crippen LogP contribution >= 0.6 is 22.7 Å². The molecule has 158 valence electrons. The van der Waals surface area contributed by atoms with E-state index in [4.69, 9.17) is 0 Å². The molecule has 4 aromatic rings. The number of fused-ring (bicyclic) bond motifs is 2. The quantitative estimate of drug-likeness (QED) is 0.364. The van der Waals surface area contributed by atoms with Crippen molar-refractivity contribution in [1.29, 1.82) is 0 Å². The van der Waals surface area contributed by atoms with Gasteiger partial charge in [0.25, 0.3) is 0 Å². The Balaban J connectivity index is 0.00000106. The molecule has 1 N–H and O–H groups in total. The molecule has 4 heterocycles. The van der Waals surface area contributed by atoms with Gasteiger partial charge in [-0.15, -0.1) is 22.7 Å². The monoisotopic (exact) mass is 438 g/mol. The summed E-state index contributed by atoms with van der Waals surface area (Å²) in [5, 5.41) is 4.83. The number of likely N-dealkylation sites (N-methyl/N-ethyl adjacent to an activating group) is 1. The summed E-state index contributed by atoms with van der Waals surface area (Å²) in [4.78, 5) is 14.2. The Kier molecular flexibility index (Phi) is 6.66. The maximum Gasteiger partial charge on any atom is 0.125 e. The molecule has 3 aromatic heterocycles. The van der Waals surface area contributed by atoms with Crippen molar-refractivity contribution in [2.45, 2.75) is 52.0 Å². The molecule has 1 aliphatic rings. The van der Waals surface area contributed by atoms with Crippen LogP contribution in [0.2, 0.25) is 0 Å². The second-order valence-corrected chi connectivity index (χ2v) is 9.54. The normalized spacial score (nSPS) is 19.6. The highest BCUT2D eigenvalue weighted by Crippen LogP contribution is 2.41. The van der Waals surface area contributed by atoms with Gasteiger partial charge in [-0.25, -0.2) is 9.97 Å². The molecular weight excluding hydrogens is 408 g/mol. The molecule has 1 saturated heterocycles. The molecule has 2 unspecified atom stereocenters. The van der Waals surface area contributed by atoms with E-state index in [0.717, 1.165) is 21.7 Å². The second-order valence-electron chi connectivity index (χ2n) is 7.59. The summed E-state index contributed by atoms with van der Waals surface area (Å²) in [5.74, 6) is 0.613. The number of anilines is 2. The first kappa shape index (κ1) is 21.2. The number of nitrogens with zero attached hydrogens (tertiary/aromatic N) is 3. The molecule has 0 saturated carbocycles. The standard InChI is InChI=1S/C22H24N4S2.C2H6/c1-3-19-15(5-4-10-26(19)2)21-12-16-17(8-9-23-22(16)28-21)25-14-6-7-20-18(11-14)24-13-27-20;1-2/h6-9,11-13,15,19H,3-5,10H2,1-2H3,(H,23,25);1-2H3. The molecule has 6 heteroatoms. The minimum atomic E-state index is 0.613. The average molecular weight is 439 g/mol. The molecule has 0 bridgehead atoms. The van der Waals surface area contributed by atoms with Crippen LogP contribution in [0.3, 0.4) is 0 Å². The zero-order chi connectivity index (χ0) is 21.1. The lowest BCUT2D eigenvalue weighted by Crippen LogP contribution is -2.40. The third-order valence-corrected chi connectivity index (χ3v) is 7.89. The number of thiophene rings is 1. The number of rotatable bonds is 4. The van der Waals surface area contributed by atoms with E-state index >= 15 is 0 Å². The van der Waals surface area contributed by atoms with E-state index < -0.39 is 0 Å². The van der Waals surface area contributed by atoms with E-state index in [1.807, 2.05) is 36.9 Å². The maximum absolute atomic E-state index is 4.66. The van der Waals surface area contributed by atoms with Crippen molar-refractivity contribution >= 4 is 54.5 Å². The van der Waals surface area contributed by atoms with E-state index in [1.54, 1.807) is 11.3 Å². The zero-order valence-electron chi connectivity index (χ0n) is 18.2. The van der Waals surface area contributed by atoms with E-state index in [0.29, 0.717) is 12.0 Å². The number of benzene rings is 1. The maximum atomic E-state index is 4.66. The highest BCUT2D eigenvalue weighted by molar-refractivity contribution is 7.18. The van der Waals surface area contributed by atoms with Crippen LogP contribution in [0.15, 0.2) is 42.0 Å². The summed E-state index contributed by atoms with van der Waals surface area (Å²) in [6, 6.07) is 11.5. The minimum absolute atomic E-state index is 0.613. The molecule has 30 heavy (non-hydrogen) atoms. The SMILES string of the molecule is CC.CCC1C(c2cc3c(Nc4ccc5scnc5c4)ccnc3s2)CCCN1C. The molecule has 5 rings (SSSR count). The summed E-state index contributed by atoms with van der Waals surface area (Å²) in [7, 11) is 2.27. The molecule has 0 amide bonds. The smallest absolute Gasteiger partial charge is 0.125 e. The van der Waals surface area contributed by atoms with E-state index in [-0.39, 0.29) is 0 Å². The fraction of sp³-hybridized carbons (Fsp3) is 0.417. The third kappa shape index (κ3) is 4.09. The summed E-state index contributed by atoms with van der Waals surface area (Å²) < 4.78 is 1.22. The number of hydrogen-bond acceptors (Lipinski definition) is 6. The van der Waals surface area contributed by atoms with Gasteiger partial charge in [0.05, 0.1) is 21.4 Å². The van der Waals surface area contributed by atoms with Gasteiger partial charge in [0.1, 0.15) is 4.83 Å². The first-order valence-corrected chi connectivity index (χ1v) is 12.6. The molecule has 1 aliphatic heterocycles. The molecule has 0 aliphatic carbocycles. The van der Waals surface area contributed by atoms with E-state index in [2.05, 4.69) is 64.5 Å². The van der Waals surface area contributed by atoms with E-state index in [1.165, 1.54) is 40.8 Å². The molecule has 2 atom stereocenters. The summed E-state index contributed by atoms with van der Waals surface area (Å²) in [6.07, 6.45) is 5.66. The van der Waals surface area contributed by atoms with Crippen molar-refractivity contribution in [3.63, 3.8) is 0 Å². The Morgan fingerprint density at radius 1 is 1.17 bits per heavy atom. The lowest BCUT2D eigenvalue weighted by molar-refractivity contribution is 0.157. The molecule has 0 spiro atoms. The van der Waals surface area contributed by atoms with Crippen LogP contribution in [-0.4, -0.2) is 34.5 Å². The fourth-order valence-corrected chi connectivity index (χ4v) is 6.37. The van der Waals surface area contributed by atoms with Gasteiger partial charge in [0.2, 0.25) is 0 Å². The van der Waals surface area contributed by atoms with Crippen LogP contribution < -0.4 is 5.32 Å². The van der Waals surface area contributed by atoms with Gasteiger partial charge < -0.3 is 10.2 Å². The number of hydrogen-bond donors (Lipinski definition) is 1. The van der Waals surface area contributed by atoms with Gasteiger partial charge in [-0.2, -0.15) is 0 Å². The number of likely N-dealkylation sites (tertiary alicyclic amines) is 1. The van der Waals surface area contributed by atoms with E-state index in [9.17, 15) is 0 Å². The van der Waals surface area contributed by atoms with Crippen LogP contribution in [0, 0.1) is 0 Å². The van der Waals surface area contributed by atoms with Gasteiger partial charge >= 0.3 is 0 Å². The first-order valence-electron chi connectivity index (χ1n) is 10.9. The number of nitrogens with one attached hydrogen (secondary N) is 1. The van der Waals surface area contributed by atoms with Crippen LogP contribution in [0.5, 0.6) is 0 Å². The molecular formula is C24H30N4S2. The van der Waals surface area contributed by atoms with Crippen molar-refractivity contribution < 1.29 is 0 Å². The van der Waals surface area contributed by atoms with Crippen LogP contribution in [0.4, 0.5) is 11.4 Å². The zero-order valence-corrected chi connectivity index (χ0v) is 19.8. The Morgan fingerprint density at radius 3 is 2.87 bits per heavy atom. The number of thiazole rings is 1. The topological polar surface area (TPSA) is 41.1 Å². The lowest BCUT2D eigenvalue weighted by Gasteiger charge is -2.38. The number of aromatic nitrogens is 2. The second kappa shape index (κ2) is 9.41. The fourth-order valence-electron chi connectivity index (χ4n) is 4.50. The summed E-state index contributed by atoms with van der Waals surface area (Å²) >= 11 is 3.54. The Bertz CT molecular complexity index is 1120. The van der Waals surface area contributed by atoms with Gasteiger partial charge in [-0.05, 0) is 63.2 Å². The minimum Gasteiger partial charge on any atom is -0.355 e. The van der Waals surface area contributed by atoms with Crippen molar-refractivity contribution in [3.8, 4) is 0 Å². The van der Waals surface area contributed by atoms with Crippen LogP contribution in [0.25, 0.3) is 20.4 Å². The summed E-state index contributed by atoms with van der Waals surface area (Å²) in [5.41, 5.74) is 5.14. The largest absolute Gasteiger partial charge is 0.355 e. The lowest BCUT2D eigenvalue weighted by atomic mass is 9.86. The Labute approximate surface area is 187 Å². The van der Waals surface area contributed by atoms with Crippen LogP contribution in [0.1, 0.15) is 50.8 Å². The molecule has 0 radical (unpaired) electrons. The van der Waals surface area contributed by atoms with Gasteiger partial charge in [0, 0.05) is 34.1 Å². The molecule has 1 aromatic carbocycles. The molecule has 1 fully saturated rings. The predicted octanol–water partition coefficient (Wildman–Crippen LogP) is 7.26. The van der Waals surface area contributed by atoms with Crippen molar-refractivity contribution in [2.24, 2.45) is 0 Å².